The van der Waals surface area contributed by atoms with Crippen LogP contribution in [-0.4, -0.2) is 22.4 Å². The van der Waals surface area contributed by atoms with Crippen LogP contribution in [0, 0.1) is 10.1 Å². The lowest BCUT2D eigenvalue weighted by atomic mass is 10.2. The van der Waals surface area contributed by atoms with E-state index < -0.39 is 10.8 Å². The molecule has 8 heteroatoms. The molecule has 7 nitrogen and oxygen atoms in total. The first-order valence-electron chi connectivity index (χ1n) is 5.72. The van der Waals surface area contributed by atoms with E-state index in [0.717, 1.165) is 0 Å². The standard InChI is InChI=1S/C12H11N3O4S/c1-2-19-8-3-4-9(11(5-8)15(17)18)14-12(16)10-6-20-7-13-10/h3-7H,2H2,1H3,(H,14,16). The molecule has 0 fully saturated rings. The Kier molecular flexibility index (Phi) is 4.26. The largest absolute Gasteiger partial charge is 0.494 e. The van der Waals surface area contributed by atoms with Crippen LogP contribution >= 0.6 is 11.3 Å². The highest BCUT2D eigenvalue weighted by Gasteiger charge is 2.18. The maximum Gasteiger partial charge on any atom is 0.296 e. The Hall–Kier alpha value is -2.48. The number of ether oxygens (including phenoxy) is 1. The number of rotatable bonds is 5. The van der Waals surface area contributed by atoms with Gasteiger partial charge in [0.25, 0.3) is 11.6 Å². The summed E-state index contributed by atoms with van der Waals surface area (Å²) >= 11 is 1.27. The summed E-state index contributed by atoms with van der Waals surface area (Å²) in [5.41, 5.74) is 1.62. The zero-order valence-corrected chi connectivity index (χ0v) is 11.3. The summed E-state index contributed by atoms with van der Waals surface area (Å²) in [4.78, 5) is 26.1. The summed E-state index contributed by atoms with van der Waals surface area (Å²) in [6.45, 7) is 2.19. The van der Waals surface area contributed by atoms with E-state index in [4.69, 9.17) is 4.74 Å². The normalized spacial score (nSPS) is 10.1. The topological polar surface area (TPSA) is 94.4 Å². The van der Waals surface area contributed by atoms with E-state index in [-0.39, 0.29) is 17.1 Å². The average Bonchev–Trinajstić information content (AvgIpc) is 2.94. The molecular formula is C12H11N3O4S. The van der Waals surface area contributed by atoms with Crippen LogP contribution in [0.3, 0.4) is 0 Å². The van der Waals surface area contributed by atoms with Gasteiger partial charge in [0.05, 0.1) is 23.1 Å². The highest BCUT2D eigenvalue weighted by Crippen LogP contribution is 2.29. The molecule has 2 rings (SSSR count). The lowest BCUT2D eigenvalue weighted by molar-refractivity contribution is -0.384. The molecule has 0 aliphatic heterocycles. The molecule has 0 saturated carbocycles. The molecular weight excluding hydrogens is 282 g/mol. The minimum atomic E-state index is -0.570. The number of anilines is 1. The third kappa shape index (κ3) is 3.09. The Morgan fingerprint density at radius 1 is 1.55 bits per heavy atom. The van der Waals surface area contributed by atoms with Crippen LogP contribution in [0.1, 0.15) is 17.4 Å². The van der Waals surface area contributed by atoms with Gasteiger partial charge in [-0.05, 0) is 19.1 Å². The van der Waals surface area contributed by atoms with Crippen molar-refractivity contribution in [3.63, 3.8) is 0 Å². The smallest absolute Gasteiger partial charge is 0.296 e. The van der Waals surface area contributed by atoms with Gasteiger partial charge in [-0.2, -0.15) is 0 Å². The second kappa shape index (κ2) is 6.11. The molecule has 1 aromatic heterocycles. The quantitative estimate of drug-likeness (QED) is 0.675. The van der Waals surface area contributed by atoms with Gasteiger partial charge in [-0.3, -0.25) is 14.9 Å². The van der Waals surface area contributed by atoms with Crippen LogP contribution in [0.25, 0.3) is 0 Å². The number of nitrogens with one attached hydrogen (secondary N) is 1. The first-order valence-corrected chi connectivity index (χ1v) is 6.67. The second-order valence-electron chi connectivity index (χ2n) is 3.70. The number of hydrogen-bond acceptors (Lipinski definition) is 6. The first kappa shape index (κ1) is 13.9. The number of benzene rings is 1. The van der Waals surface area contributed by atoms with Crippen molar-refractivity contribution in [2.45, 2.75) is 6.92 Å². The van der Waals surface area contributed by atoms with Crippen molar-refractivity contribution in [3.8, 4) is 5.75 Å². The Bertz CT molecular complexity index is 628. The van der Waals surface area contributed by atoms with Crippen LogP contribution in [0.5, 0.6) is 5.75 Å². The van der Waals surface area contributed by atoms with Crippen molar-refractivity contribution in [2.24, 2.45) is 0 Å². The van der Waals surface area contributed by atoms with E-state index in [1.165, 1.54) is 29.0 Å². The molecule has 1 amide bonds. The van der Waals surface area contributed by atoms with E-state index >= 15 is 0 Å². The summed E-state index contributed by atoms with van der Waals surface area (Å²) in [6, 6.07) is 4.28. The van der Waals surface area contributed by atoms with Gasteiger partial charge in [0.15, 0.2) is 0 Å². The number of thiazole rings is 1. The van der Waals surface area contributed by atoms with Gasteiger partial charge in [0, 0.05) is 5.38 Å². The van der Waals surface area contributed by atoms with Crippen LogP contribution in [0.2, 0.25) is 0 Å². The van der Waals surface area contributed by atoms with Crippen molar-refractivity contribution in [1.29, 1.82) is 0 Å². The van der Waals surface area contributed by atoms with Crippen LogP contribution < -0.4 is 10.1 Å². The molecule has 20 heavy (non-hydrogen) atoms. The molecule has 0 unspecified atom stereocenters. The third-order valence-corrected chi connectivity index (χ3v) is 2.98. The minimum Gasteiger partial charge on any atom is -0.494 e. The molecule has 0 spiro atoms. The van der Waals surface area contributed by atoms with Gasteiger partial charge in [-0.25, -0.2) is 4.98 Å². The summed E-state index contributed by atoms with van der Waals surface area (Å²) in [7, 11) is 0. The summed E-state index contributed by atoms with van der Waals surface area (Å²) in [5.74, 6) is -0.107. The van der Waals surface area contributed by atoms with Gasteiger partial charge in [-0.1, -0.05) is 0 Å². The van der Waals surface area contributed by atoms with Gasteiger partial charge in [-0.15, -0.1) is 11.3 Å². The summed E-state index contributed by atoms with van der Waals surface area (Å²) in [6.07, 6.45) is 0. The first-order chi connectivity index (χ1) is 9.61. The zero-order chi connectivity index (χ0) is 14.5. The summed E-state index contributed by atoms with van der Waals surface area (Å²) in [5, 5.41) is 15.1. The highest BCUT2D eigenvalue weighted by molar-refractivity contribution is 7.07. The number of nitro benzene ring substituents is 1. The number of amides is 1. The molecule has 0 atom stereocenters. The average molecular weight is 293 g/mol. The molecule has 0 saturated heterocycles. The Morgan fingerprint density at radius 2 is 2.35 bits per heavy atom. The SMILES string of the molecule is CCOc1ccc(NC(=O)c2cscn2)c([N+](=O)[O-])c1. The van der Waals surface area contributed by atoms with Gasteiger partial charge >= 0.3 is 0 Å². The number of hydrogen-bond donors (Lipinski definition) is 1. The van der Waals surface area contributed by atoms with Crippen molar-refractivity contribution < 1.29 is 14.5 Å². The van der Waals surface area contributed by atoms with E-state index in [1.807, 2.05) is 0 Å². The van der Waals surface area contributed by atoms with Crippen LogP contribution in [0.4, 0.5) is 11.4 Å². The highest BCUT2D eigenvalue weighted by atomic mass is 32.1. The molecule has 0 radical (unpaired) electrons. The fraction of sp³-hybridized carbons (Fsp3) is 0.167. The molecule has 0 aliphatic carbocycles. The zero-order valence-electron chi connectivity index (χ0n) is 10.5. The van der Waals surface area contributed by atoms with Crippen molar-refractivity contribution in [1.82, 2.24) is 4.98 Å². The van der Waals surface area contributed by atoms with E-state index in [0.29, 0.717) is 12.4 Å². The Balaban J connectivity index is 2.27. The van der Waals surface area contributed by atoms with Crippen LogP contribution in [-0.2, 0) is 0 Å². The predicted octanol–water partition coefficient (Wildman–Crippen LogP) is 2.70. The molecule has 1 aromatic carbocycles. The molecule has 0 bridgehead atoms. The number of nitrogens with zero attached hydrogens (tertiary/aromatic N) is 2. The molecule has 0 aliphatic rings. The molecule has 1 N–H and O–H groups in total. The molecule has 2 aromatic rings. The minimum absolute atomic E-state index is 0.108. The second-order valence-corrected chi connectivity index (χ2v) is 4.42. The lowest BCUT2D eigenvalue weighted by Gasteiger charge is -2.07. The van der Waals surface area contributed by atoms with Gasteiger partial charge in [0.2, 0.25) is 0 Å². The number of nitro groups is 1. The number of carbonyl (C=O) groups is 1. The van der Waals surface area contributed by atoms with E-state index in [1.54, 1.807) is 18.4 Å². The fourth-order valence-corrected chi connectivity index (χ4v) is 2.07. The molecule has 1 heterocycles. The summed E-state index contributed by atoms with van der Waals surface area (Å²) < 4.78 is 5.20. The van der Waals surface area contributed by atoms with Crippen molar-refractivity contribution in [3.05, 3.63) is 44.9 Å². The number of aromatic nitrogens is 1. The lowest BCUT2D eigenvalue weighted by Crippen LogP contribution is -2.13. The maximum absolute atomic E-state index is 11.8. The van der Waals surface area contributed by atoms with E-state index in [2.05, 4.69) is 10.3 Å². The third-order valence-electron chi connectivity index (χ3n) is 2.39. The predicted molar refractivity (Wildman–Crippen MR) is 74.3 cm³/mol. The maximum atomic E-state index is 11.8. The Labute approximate surface area is 118 Å². The van der Waals surface area contributed by atoms with Gasteiger partial charge < -0.3 is 10.1 Å². The molecule has 104 valence electrons. The Morgan fingerprint density at radius 3 is 2.95 bits per heavy atom. The fourth-order valence-electron chi connectivity index (χ4n) is 1.54. The monoisotopic (exact) mass is 293 g/mol. The van der Waals surface area contributed by atoms with Crippen molar-refractivity contribution >= 4 is 28.6 Å². The van der Waals surface area contributed by atoms with E-state index in [9.17, 15) is 14.9 Å². The van der Waals surface area contributed by atoms with Gasteiger partial charge in [0.1, 0.15) is 17.1 Å². The number of carbonyl (C=O) groups excluding carboxylic acids is 1. The van der Waals surface area contributed by atoms with Crippen molar-refractivity contribution in [2.75, 3.05) is 11.9 Å². The van der Waals surface area contributed by atoms with Crippen LogP contribution in [0.15, 0.2) is 29.1 Å².